The van der Waals surface area contributed by atoms with Gasteiger partial charge in [-0.2, -0.15) is 0 Å². The quantitative estimate of drug-likeness (QED) is 0.761. The number of hydrogen-bond acceptors (Lipinski definition) is 4. The minimum absolute atomic E-state index is 0.104. The molecule has 1 saturated heterocycles. The lowest BCUT2D eigenvalue weighted by molar-refractivity contribution is -0.143. The molecule has 1 fully saturated rings. The van der Waals surface area contributed by atoms with Crippen molar-refractivity contribution in [2.24, 2.45) is 0 Å². The highest BCUT2D eigenvalue weighted by Gasteiger charge is 2.40. The van der Waals surface area contributed by atoms with E-state index in [4.69, 9.17) is 4.74 Å². The van der Waals surface area contributed by atoms with E-state index in [-0.39, 0.29) is 17.0 Å². The Kier molecular flexibility index (Phi) is 6.02. The molecule has 0 bridgehead atoms. The summed E-state index contributed by atoms with van der Waals surface area (Å²) in [5.74, 6) is -0.129. The van der Waals surface area contributed by atoms with E-state index in [1.54, 1.807) is 0 Å². The summed E-state index contributed by atoms with van der Waals surface area (Å²) in [4.78, 5) is 14.0. The Morgan fingerprint density at radius 1 is 1.25 bits per heavy atom. The van der Waals surface area contributed by atoms with E-state index in [9.17, 15) is 4.79 Å². The van der Waals surface area contributed by atoms with Gasteiger partial charge in [0.2, 0.25) is 0 Å². The summed E-state index contributed by atoms with van der Waals surface area (Å²) in [6.45, 7) is 12.6. The zero-order valence-corrected chi connectivity index (χ0v) is 14.1. The van der Waals surface area contributed by atoms with Gasteiger partial charge in [0, 0.05) is 17.1 Å². The van der Waals surface area contributed by atoms with Crippen molar-refractivity contribution in [2.45, 2.75) is 77.4 Å². The highest BCUT2D eigenvalue weighted by atomic mass is 16.5. The van der Waals surface area contributed by atoms with Gasteiger partial charge < -0.3 is 10.1 Å². The number of esters is 1. The fourth-order valence-corrected chi connectivity index (χ4v) is 3.51. The van der Waals surface area contributed by atoms with E-state index in [0.29, 0.717) is 12.6 Å². The van der Waals surface area contributed by atoms with Gasteiger partial charge in [0.25, 0.3) is 0 Å². The average Bonchev–Trinajstić information content (AvgIpc) is 2.30. The Morgan fingerprint density at radius 2 is 1.80 bits per heavy atom. The molecule has 118 valence electrons. The molecule has 4 heteroatoms. The lowest BCUT2D eigenvalue weighted by atomic mass is 9.79. The van der Waals surface area contributed by atoms with Crippen molar-refractivity contribution in [1.29, 1.82) is 0 Å². The number of rotatable bonds is 6. The van der Waals surface area contributed by atoms with E-state index >= 15 is 0 Å². The molecule has 0 aromatic heterocycles. The van der Waals surface area contributed by atoms with Crippen LogP contribution in [0.3, 0.4) is 0 Å². The number of methoxy groups -OCH3 is 1. The highest BCUT2D eigenvalue weighted by Crippen LogP contribution is 2.31. The molecule has 1 N–H and O–H groups in total. The number of ether oxygens (including phenoxy) is 1. The van der Waals surface area contributed by atoms with Crippen molar-refractivity contribution in [3.05, 3.63) is 0 Å². The predicted molar refractivity (Wildman–Crippen MR) is 82.8 cm³/mol. The van der Waals surface area contributed by atoms with Crippen molar-refractivity contribution < 1.29 is 9.53 Å². The molecule has 1 heterocycles. The molecule has 0 amide bonds. The lowest BCUT2D eigenvalue weighted by Crippen LogP contribution is -2.62. The molecular weight excluding hydrogens is 252 g/mol. The van der Waals surface area contributed by atoms with Gasteiger partial charge in [0.15, 0.2) is 0 Å². The first kappa shape index (κ1) is 17.4. The number of carbonyl (C=O) groups excluding carboxylic acids is 1. The minimum atomic E-state index is -0.129. The first-order valence-electron chi connectivity index (χ1n) is 7.79. The van der Waals surface area contributed by atoms with E-state index in [1.807, 2.05) is 0 Å². The second-order valence-corrected chi connectivity index (χ2v) is 7.36. The van der Waals surface area contributed by atoms with Crippen LogP contribution in [0.1, 0.15) is 60.3 Å². The Labute approximate surface area is 124 Å². The van der Waals surface area contributed by atoms with Gasteiger partial charge in [-0.1, -0.05) is 13.3 Å². The van der Waals surface area contributed by atoms with Crippen molar-refractivity contribution in [3.8, 4) is 0 Å². The van der Waals surface area contributed by atoms with E-state index in [1.165, 1.54) is 7.11 Å². The molecule has 0 atom stereocenters. The lowest BCUT2D eigenvalue weighted by Gasteiger charge is -2.49. The topological polar surface area (TPSA) is 41.6 Å². The van der Waals surface area contributed by atoms with Crippen LogP contribution in [0, 0.1) is 0 Å². The third-order valence-corrected chi connectivity index (χ3v) is 4.04. The molecule has 0 unspecified atom stereocenters. The molecule has 0 radical (unpaired) electrons. The largest absolute Gasteiger partial charge is 0.468 e. The van der Waals surface area contributed by atoms with Gasteiger partial charge in [-0.05, 0) is 53.5 Å². The van der Waals surface area contributed by atoms with Crippen LogP contribution in [0.2, 0.25) is 0 Å². The summed E-state index contributed by atoms with van der Waals surface area (Å²) in [5.41, 5.74) is 0.208. The van der Waals surface area contributed by atoms with E-state index in [0.717, 1.165) is 32.2 Å². The average molecular weight is 284 g/mol. The number of nitrogens with zero attached hydrogens (tertiary/aromatic N) is 1. The van der Waals surface area contributed by atoms with Crippen LogP contribution in [-0.2, 0) is 9.53 Å². The van der Waals surface area contributed by atoms with Crippen LogP contribution in [0.25, 0.3) is 0 Å². The van der Waals surface area contributed by atoms with Crippen molar-refractivity contribution in [1.82, 2.24) is 10.2 Å². The second kappa shape index (κ2) is 6.90. The zero-order chi connectivity index (χ0) is 15.4. The molecule has 0 aromatic rings. The highest BCUT2D eigenvalue weighted by molar-refractivity contribution is 5.71. The fourth-order valence-electron chi connectivity index (χ4n) is 3.51. The molecule has 1 aliphatic rings. The van der Waals surface area contributed by atoms with Crippen LogP contribution < -0.4 is 5.32 Å². The van der Waals surface area contributed by atoms with Crippen LogP contribution in [-0.4, -0.2) is 48.2 Å². The van der Waals surface area contributed by atoms with Crippen LogP contribution in [0.15, 0.2) is 0 Å². The molecule has 0 saturated carbocycles. The van der Waals surface area contributed by atoms with Gasteiger partial charge in [0.05, 0.1) is 13.7 Å². The summed E-state index contributed by atoms with van der Waals surface area (Å²) in [6.07, 6.45) is 4.41. The first-order valence-corrected chi connectivity index (χ1v) is 7.79. The van der Waals surface area contributed by atoms with Gasteiger partial charge in [-0.25, -0.2) is 0 Å². The number of unbranched alkanes of at least 4 members (excludes halogenated alkanes) is 1. The molecule has 0 aromatic carbocycles. The maximum Gasteiger partial charge on any atom is 0.319 e. The number of carbonyl (C=O) groups is 1. The monoisotopic (exact) mass is 284 g/mol. The summed E-state index contributed by atoms with van der Waals surface area (Å²) < 4.78 is 4.86. The van der Waals surface area contributed by atoms with Gasteiger partial charge in [-0.3, -0.25) is 9.69 Å². The summed E-state index contributed by atoms with van der Waals surface area (Å²) in [7, 11) is 1.47. The molecule has 1 aliphatic heterocycles. The smallest absolute Gasteiger partial charge is 0.319 e. The van der Waals surface area contributed by atoms with Gasteiger partial charge in [0.1, 0.15) is 0 Å². The van der Waals surface area contributed by atoms with Gasteiger partial charge >= 0.3 is 5.97 Å². The maximum atomic E-state index is 11.7. The van der Waals surface area contributed by atoms with Crippen molar-refractivity contribution >= 4 is 5.97 Å². The summed E-state index contributed by atoms with van der Waals surface area (Å²) in [5, 5.41) is 3.70. The van der Waals surface area contributed by atoms with Crippen LogP contribution >= 0.6 is 0 Å². The minimum Gasteiger partial charge on any atom is -0.468 e. The molecular formula is C16H32N2O2. The molecule has 0 spiro atoms. The summed E-state index contributed by atoms with van der Waals surface area (Å²) in [6, 6.07) is 0.437. The number of hydrogen-bond donors (Lipinski definition) is 1. The zero-order valence-electron chi connectivity index (χ0n) is 14.1. The SMILES string of the molecule is CCCCN(CC(=O)OC)C1CC(C)(C)NC(C)(C)C1. The second-order valence-electron chi connectivity index (χ2n) is 7.36. The molecule has 4 nitrogen and oxygen atoms in total. The van der Waals surface area contributed by atoms with Crippen LogP contribution in [0.4, 0.5) is 0 Å². The molecule has 20 heavy (non-hydrogen) atoms. The first-order chi connectivity index (χ1) is 9.19. The van der Waals surface area contributed by atoms with E-state index in [2.05, 4.69) is 44.8 Å². The molecule has 1 rings (SSSR count). The predicted octanol–water partition coefficient (Wildman–Crippen LogP) is 2.57. The number of piperidine rings is 1. The Balaban J connectivity index is 2.79. The number of nitrogens with one attached hydrogen (secondary N) is 1. The Hall–Kier alpha value is -0.610. The maximum absolute atomic E-state index is 11.7. The van der Waals surface area contributed by atoms with E-state index < -0.39 is 0 Å². The van der Waals surface area contributed by atoms with Gasteiger partial charge in [-0.15, -0.1) is 0 Å². The van der Waals surface area contributed by atoms with Crippen LogP contribution in [0.5, 0.6) is 0 Å². The summed E-state index contributed by atoms with van der Waals surface area (Å²) >= 11 is 0. The van der Waals surface area contributed by atoms with Crippen molar-refractivity contribution in [3.63, 3.8) is 0 Å². The van der Waals surface area contributed by atoms with Crippen molar-refractivity contribution in [2.75, 3.05) is 20.2 Å². The standard InChI is InChI=1S/C16H32N2O2/c1-7-8-9-18(12-14(19)20-6)13-10-15(2,3)17-16(4,5)11-13/h13,17H,7-12H2,1-6H3. The third-order valence-electron chi connectivity index (χ3n) is 4.04. The normalized spacial score (nSPS) is 21.9. The molecule has 0 aliphatic carbocycles. The Bertz CT molecular complexity index is 310. The Morgan fingerprint density at radius 3 is 2.25 bits per heavy atom. The fraction of sp³-hybridized carbons (Fsp3) is 0.938. The third kappa shape index (κ3) is 5.41.